The molecule has 1 unspecified atom stereocenters. The summed E-state index contributed by atoms with van der Waals surface area (Å²) in [4.78, 5) is 0. The topological polar surface area (TPSA) is 46.2 Å². The Hall–Kier alpha value is -0.0800. The van der Waals surface area contributed by atoms with Crippen molar-refractivity contribution >= 4 is 0 Å². The molecule has 1 atom stereocenters. The maximum atomic E-state index is 9.56. The summed E-state index contributed by atoms with van der Waals surface area (Å²) in [5, 5.41) is 9.56. The number of rotatable bonds is 4. The van der Waals surface area contributed by atoms with Gasteiger partial charge in [-0.3, -0.25) is 0 Å². The maximum absolute atomic E-state index is 9.56. The summed E-state index contributed by atoms with van der Waals surface area (Å²) < 4.78 is 0. The second-order valence-electron chi connectivity index (χ2n) is 3.31. The lowest BCUT2D eigenvalue weighted by molar-refractivity contribution is 0.0840. The zero-order valence-corrected chi connectivity index (χ0v) is 6.64. The number of nitrogens with two attached hydrogens (primary N) is 1. The summed E-state index contributed by atoms with van der Waals surface area (Å²) in [6.07, 6.45) is 4.14. The van der Waals surface area contributed by atoms with Crippen molar-refractivity contribution in [3.05, 3.63) is 0 Å². The molecule has 0 heterocycles. The monoisotopic (exact) mass is 143 g/mol. The van der Waals surface area contributed by atoms with E-state index in [1.165, 1.54) is 12.8 Å². The highest BCUT2D eigenvalue weighted by Crippen LogP contribution is 2.52. The molecule has 0 aromatic carbocycles. The van der Waals surface area contributed by atoms with Gasteiger partial charge in [0.1, 0.15) is 0 Å². The summed E-state index contributed by atoms with van der Waals surface area (Å²) >= 11 is 0. The lowest BCUT2D eigenvalue weighted by atomic mass is 9.94. The van der Waals surface area contributed by atoms with Gasteiger partial charge < -0.3 is 10.8 Å². The first-order chi connectivity index (χ1) is 4.75. The molecular weight excluding hydrogens is 126 g/mol. The van der Waals surface area contributed by atoms with Crippen LogP contribution in [-0.2, 0) is 0 Å². The molecule has 2 nitrogen and oxygen atoms in total. The Morgan fingerprint density at radius 1 is 1.60 bits per heavy atom. The van der Waals surface area contributed by atoms with Gasteiger partial charge in [-0.15, -0.1) is 0 Å². The highest BCUT2D eigenvalue weighted by atomic mass is 16.3. The molecule has 0 aromatic rings. The van der Waals surface area contributed by atoms with Crippen LogP contribution in [0.1, 0.15) is 32.6 Å². The molecule has 3 N–H and O–H groups in total. The zero-order chi connectivity index (χ0) is 7.61. The fourth-order valence-corrected chi connectivity index (χ4v) is 1.55. The smallest absolute Gasteiger partial charge is 0.0608 e. The van der Waals surface area contributed by atoms with Crippen LogP contribution in [0.15, 0.2) is 0 Å². The van der Waals surface area contributed by atoms with E-state index in [4.69, 9.17) is 5.73 Å². The lowest BCUT2D eigenvalue weighted by Gasteiger charge is -2.19. The molecule has 1 aliphatic rings. The van der Waals surface area contributed by atoms with E-state index in [9.17, 15) is 5.11 Å². The Bertz CT molecular complexity index is 110. The minimum Gasteiger partial charge on any atom is -0.393 e. The zero-order valence-electron chi connectivity index (χ0n) is 6.64. The Labute approximate surface area is 62.4 Å². The van der Waals surface area contributed by atoms with Crippen LogP contribution in [0.4, 0.5) is 0 Å². The van der Waals surface area contributed by atoms with Gasteiger partial charge in [-0.25, -0.2) is 0 Å². The summed E-state index contributed by atoms with van der Waals surface area (Å²) in [6.45, 7) is 2.76. The van der Waals surface area contributed by atoms with Crippen LogP contribution >= 0.6 is 0 Å². The van der Waals surface area contributed by atoms with Crippen LogP contribution in [-0.4, -0.2) is 17.8 Å². The van der Waals surface area contributed by atoms with Crippen LogP contribution < -0.4 is 5.73 Å². The van der Waals surface area contributed by atoms with Crippen LogP contribution in [0.5, 0.6) is 0 Å². The van der Waals surface area contributed by atoms with Gasteiger partial charge in [0, 0.05) is 0 Å². The van der Waals surface area contributed by atoms with Crippen LogP contribution in [0, 0.1) is 5.41 Å². The van der Waals surface area contributed by atoms with Crippen molar-refractivity contribution in [2.24, 2.45) is 11.1 Å². The van der Waals surface area contributed by atoms with E-state index in [1.807, 2.05) is 0 Å². The summed E-state index contributed by atoms with van der Waals surface area (Å²) in [5.74, 6) is 0. The van der Waals surface area contributed by atoms with Crippen molar-refractivity contribution in [1.29, 1.82) is 0 Å². The van der Waals surface area contributed by atoms with Crippen molar-refractivity contribution in [3.63, 3.8) is 0 Å². The minimum absolute atomic E-state index is 0.137. The first-order valence-corrected chi connectivity index (χ1v) is 4.13. The molecule has 1 fully saturated rings. The van der Waals surface area contributed by atoms with Gasteiger partial charge in [-0.1, -0.05) is 6.92 Å². The fourth-order valence-electron chi connectivity index (χ4n) is 1.55. The average molecular weight is 143 g/mol. The number of aliphatic hydroxyl groups is 1. The molecule has 10 heavy (non-hydrogen) atoms. The second kappa shape index (κ2) is 2.89. The van der Waals surface area contributed by atoms with Gasteiger partial charge in [0.2, 0.25) is 0 Å². The van der Waals surface area contributed by atoms with E-state index in [2.05, 4.69) is 6.92 Å². The summed E-state index contributed by atoms with van der Waals surface area (Å²) in [6, 6.07) is 0. The van der Waals surface area contributed by atoms with Gasteiger partial charge in [-0.2, -0.15) is 0 Å². The Morgan fingerprint density at radius 3 is 2.50 bits per heavy atom. The van der Waals surface area contributed by atoms with E-state index in [1.54, 1.807) is 0 Å². The molecule has 0 amide bonds. The molecule has 0 bridgehead atoms. The van der Waals surface area contributed by atoms with E-state index < -0.39 is 0 Å². The number of hydrogen-bond donors (Lipinski definition) is 2. The van der Waals surface area contributed by atoms with Crippen molar-refractivity contribution < 1.29 is 5.11 Å². The number of hydrogen-bond acceptors (Lipinski definition) is 2. The molecule has 2 heteroatoms. The molecular formula is C8H17NO. The molecule has 1 aliphatic carbocycles. The molecule has 1 rings (SSSR count). The Kier molecular flexibility index (Phi) is 2.32. The predicted octanol–water partition coefficient (Wildman–Crippen LogP) is 0.886. The predicted molar refractivity (Wildman–Crippen MR) is 41.6 cm³/mol. The highest BCUT2D eigenvalue weighted by Gasteiger charge is 2.46. The quantitative estimate of drug-likeness (QED) is 0.614. The van der Waals surface area contributed by atoms with Gasteiger partial charge in [-0.05, 0) is 37.6 Å². The van der Waals surface area contributed by atoms with E-state index in [0.717, 1.165) is 12.8 Å². The Morgan fingerprint density at radius 2 is 2.20 bits per heavy atom. The minimum atomic E-state index is -0.137. The molecule has 0 saturated heterocycles. The van der Waals surface area contributed by atoms with Crippen LogP contribution in [0.3, 0.4) is 0 Å². The molecule has 0 aliphatic heterocycles. The van der Waals surface area contributed by atoms with E-state index >= 15 is 0 Å². The standard InChI is InChI=1S/C8H17NO/c1-2-8(4-5-8)7(10)3-6-9/h7,10H,2-6,9H2,1H3. The highest BCUT2D eigenvalue weighted by molar-refractivity contribution is 4.97. The summed E-state index contributed by atoms with van der Waals surface area (Å²) in [7, 11) is 0. The molecule has 0 aromatic heterocycles. The SMILES string of the molecule is CCC1(C(O)CCN)CC1. The van der Waals surface area contributed by atoms with Crippen molar-refractivity contribution in [3.8, 4) is 0 Å². The third kappa shape index (κ3) is 1.32. The van der Waals surface area contributed by atoms with Crippen molar-refractivity contribution in [1.82, 2.24) is 0 Å². The molecule has 60 valence electrons. The molecule has 0 radical (unpaired) electrons. The van der Waals surface area contributed by atoms with Gasteiger partial charge in [0.15, 0.2) is 0 Å². The first kappa shape index (κ1) is 8.02. The van der Waals surface area contributed by atoms with E-state index in [-0.39, 0.29) is 11.5 Å². The molecule has 1 saturated carbocycles. The first-order valence-electron chi connectivity index (χ1n) is 4.13. The van der Waals surface area contributed by atoms with Gasteiger partial charge in [0.25, 0.3) is 0 Å². The molecule has 0 spiro atoms. The largest absolute Gasteiger partial charge is 0.393 e. The van der Waals surface area contributed by atoms with Crippen LogP contribution in [0.25, 0.3) is 0 Å². The average Bonchev–Trinajstić information content (AvgIpc) is 2.68. The third-order valence-corrected chi connectivity index (χ3v) is 2.74. The normalized spacial score (nSPS) is 24.3. The van der Waals surface area contributed by atoms with Crippen molar-refractivity contribution in [2.75, 3.05) is 6.54 Å². The second-order valence-corrected chi connectivity index (χ2v) is 3.31. The maximum Gasteiger partial charge on any atom is 0.0608 e. The van der Waals surface area contributed by atoms with Crippen molar-refractivity contribution in [2.45, 2.75) is 38.7 Å². The van der Waals surface area contributed by atoms with E-state index in [0.29, 0.717) is 6.54 Å². The van der Waals surface area contributed by atoms with Crippen LogP contribution in [0.2, 0.25) is 0 Å². The third-order valence-electron chi connectivity index (χ3n) is 2.74. The lowest BCUT2D eigenvalue weighted by Crippen LogP contribution is -2.24. The Balaban J connectivity index is 2.32. The van der Waals surface area contributed by atoms with Gasteiger partial charge in [0.05, 0.1) is 6.10 Å². The van der Waals surface area contributed by atoms with Gasteiger partial charge >= 0.3 is 0 Å². The fraction of sp³-hybridized carbons (Fsp3) is 1.00. The summed E-state index contributed by atoms with van der Waals surface area (Å²) in [5.41, 5.74) is 5.63. The number of aliphatic hydroxyl groups excluding tert-OH is 1.